The van der Waals surface area contributed by atoms with Crippen molar-refractivity contribution < 1.29 is 4.79 Å². The van der Waals surface area contributed by atoms with Gasteiger partial charge in [-0.3, -0.25) is 14.2 Å². The van der Waals surface area contributed by atoms with Crippen molar-refractivity contribution >= 4 is 56.3 Å². The van der Waals surface area contributed by atoms with Crippen LogP contribution < -0.4 is 11.0 Å². The first-order valence-electron chi connectivity index (χ1n) is 12.5. The van der Waals surface area contributed by atoms with Gasteiger partial charge in [-0.1, -0.05) is 90.6 Å². The average Bonchev–Trinajstić information content (AvgIpc) is 2.96. The van der Waals surface area contributed by atoms with Crippen molar-refractivity contribution in [2.75, 3.05) is 5.75 Å². The summed E-state index contributed by atoms with van der Waals surface area (Å²) < 4.78 is 1.58. The van der Waals surface area contributed by atoms with Gasteiger partial charge in [-0.2, -0.15) is 5.10 Å². The smallest absolute Gasteiger partial charge is 0.266 e. The lowest BCUT2D eigenvalue weighted by Gasteiger charge is -2.14. The van der Waals surface area contributed by atoms with Crippen molar-refractivity contribution in [3.8, 4) is 5.69 Å². The highest BCUT2D eigenvalue weighted by atomic mass is 32.2. The van der Waals surface area contributed by atoms with Gasteiger partial charge in [-0.15, -0.1) is 0 Å². The van der Waals surface area contributed by atoms with Gasteiger partial charge in [0.2, 0.25) is 0 Å². The summed E-state index contributed by atoms with van der Waals surface area (Å²) in [6, 6.07) is 33.3. The van der Waals surface area contributed by atoms with Crippen LogP contribution in [0, 0.1) is 6.92 Å². The van der Waals surface area contributed by atoms with Gasteiger partial charge in [0.25, 0.3) is 11.5 Å². The molecule has 6 rings (SSSR count). The molecule has 0 saturated heterocycles. The van der Waals surface area contributed by atoms with Crippen LogP contribution in [-0.4, -0.2) is 27.4 Å². The molecule has 1 heterocycles. The van der Waals surface area contributed by atoms with E-state index in [0.29, 0.717) is 16.1 Å². The molecule has 0 fully saturated rings. The van der Waals surface area contributed by atoms with E-state index in [9.17, 15) is 9.59 Å². The minimum absolute atomic E-state index is 0.0459. The zero-order valence-electron chi connectivity index (χ0n) is 21.2. The molecule has 0 spiro atoms. The maximum Gasteiger partial charge on any atom is 0.266 e. The average molecular weight is 529 g/mol. The monoisotopic (exact) mass is 528 g/mol. The lowest BCUT2D eigenvalue weighted by Crippen LogP contribution is -2.24. The number of nitrogens with one attached hydrogen (secondary N) is 1. The number of hydrogen-bond donors (Lipinski definition) is 1. The van der Waals surface area contributed by atoms with Crippen LogP contribution in [-0.2, 0) is 4.79 Å². The molecular weight excluding hydrogens is 504 g/mol. The van der Waals surface area contributed by atoms with E-state index >= 15 is 0 Å². The van der Waals surface area contributed by atoms with Crippen molar-refractivity contribution in [2.24, 2.45) is 5.10 Å². The Bertz CT molecular complexity index is 1910. The van der Waals surface area contributed by atoms with Crippen molar-refractivity contribution in [1.82, 2.24) is 15.0 Å². The molecule has 0 radical (unpaired) electrons. The molecule has 190 valence electrons. The quantitative estimate of drug-likeness (QED) is 0.0913. The van der Waals surface area contributed by atoms with Crippen LogP contribution >= 0.6 is 11.8 Å². The summed E-state index contributed by atoms with van der Waals surface area (Å²) in [4.78, 5) is 31.0. The number of rotatable bonds is 6. The van der Waals surface area contributed by atoms with E-state index in [0.717, 1.165) is 38.4 Å². The summed E-state index contributed by atoms with van der Waals surface area (Å²) in [6.45, 7) is 1.95. The van der Waals surface area contributed by atoms with E-state index < -0.39 is 0 Å². The van der Waals surface area contributed by atoms with Gasteiger partial charge in [0.1, 0.15) is 0 Å². The first-order chi connectivity index (χ1) is 19.1. The topological polar surface area (TPSA) is 76.3 Å². The van der Waals surface area contributed by atoms with Crippen LogP contribution in [0.4, 0.5) is 0 Å². The second-order valence-electron chi connectivity index (χ2n) is 9.15. The molecule has 0 aliphatic heterocycles. The van der Waals surface area contributed by atoms with Crippen molar-refractivity contribution in [1.29, 1.82) is 0 Å². The molecule has 1 aromatic heterocycles. The van der Waals surface area contributed by atoms with E-state index in [-0.39, 0.29) is 17.2 Å². The normalized spacial score (nSPS) is 11.5. The molecule has 0 unspecified atom stereocenters. The highest BCUT2D eigenvalue weighted by Crippen LogP contribution is 2.27. The van der Waals surface area contributed by atoms with Crippen molar-refractivity contribution in [3.63, 3.8) is 0 Å². The SMILES string of the molecule is Cc1ccccc1-n1c(SCC(=O)N/N=C\c2c3ccccc3cc3ccccc23)nc2ccccc2c1=O. The van der Waals surface area contributed by atoms with E-state index in [2.05, 4.69) is 40.9 Å². The maximum atomic E-state index is 13.5. The molecule has 0 atom stereocenters. The number of aryl methyl sites for hydroxylation is 1. The number of benzene rings is 5. The number of hydrogen-bond acceptors (Lipinski definition) is 5. The summed E-state index contributed by atoms with van der Waals surface area (Å²) in [6.07, 6.45) is 1.70. The fraction of sp³-hybridized carbons (Fsp3) is 0.0625. The lowest BCUT2D eigenvalue weighted by atomic mass is 9.97. The molecule has 6 nitrogen and oxygen atoms in total. The predicted molar refractivity (Wildman–Crippen MR) is 160 cm³/mol. The van der Waals surface area contributed by atoms with Crippen molar-refractivity contribution in [2.45, 2.75) is 12.1 Å². The number of para-hydroxylation sites is 2. The molecular formula is C32H24N4O2S. The Kier molecular flexibility index (Phi) is 6.65. The Balaban J connectivity index is 1.27. The third-order valence-electron chi connectivity index (χ3n) is 6.63. The van der Waals surface area contributed by atoms with Crippen LogP contribution in [0.3, 0.4) is 0 Å². The molecule has 0 saturated carbocycles. The first kappa shape index (κ1) is 24.6. The Labute approximate surface area is 229 Å². The Morgan fingerprint density at radius 2 is 1.49 bits per heavy atom. The van der Waals surface area contributed by atoms with Gasteiger partial charge in [0, 0.05) is 5.56 Å². The Hall–Kier alpha value is -4.75. The van der Waals surface area contributed by atoms with Crippen molar-refractivity contribution in [3.05, 3.63) is 125 Å². The minimum atomic E-state index is -0.292. The van der Waals surface area contributed by atoms with E-state index in [1.807, 2.05) is 73.7 Å². The standard InChI is InChI=1S/C32H24N4O2S/c1-21-10-2-9-17-29(21)36-31(38)26-15-7-8-16-28(26)34-32(36)39-20-30(37)35-33-19-27-24-13-5-3-11-22(24)18-23-12-4-6-14-25(23)27/h2-19H,20H2,1H3,(H,35,37)/b33-19-. The number of fused-ring (bicyclic) bond motifs is 3. The Morgan fingerprint density at radius 1 is 0.872 bits per heavy atom. The first-order valence-corrected chi connectivity index (χ1v) is 13.5. The van der Waals surface area contributed by atoms with Crippen LogP contribution in [0.15, 0.2) is 118 Å². The summed E-state index contributed by atoms with van der Waals surface area (Å²) in [5, 5.41) is 9.61. The molecule has 0 aliphatic rings. The van der Waals surface area contributed by atoms with Gasteiger partial charge < -0.3 is 0 Å². The van der Waals surface area contributed by atoms with Gasteiger partial charge in [-0.05, 0) is 58.3 Å². The van der Waals surface area contributed by atoms with Gasteiger partial charge in [0.15, 0.2) is 5.16 Å². The van der Waals surface area contributed by atoms with E-state index in [1.54, 1.807) is 16.8 Å². The molecule has 1 amide bonds. The summed E-state index contributed by atoms with van der Waals surface area (Å²) in [5.41, 5.74) is 5.70. The fourth-order valence-electron chi connectivity index (χ4n) is 4.76. The highest BCUT2D eigenvalue weighted by Gasteiger charge is 2.16. The minimum Gasteiger partial charge on any atom is -0.272 e. The van der Waals surface area contributed by atoms with Gasteiger partial charge >= 0.3 is 0 Å². The van der Waals surface area contributed by atoms with Crippen LogP contribution in [0.25, 0.3) is 38.1 Å². The number of carbonyl (C=O) groups is 1. The largest absolute Gasteiger partial charge is 0.272 e. The molecule has 39 heavy (non-hydrogen) atoms. The molecule has 0 bridgehead atoms. The summed E-state index contributed by atoms with van der Waals surface area (Å²) >= 11 is 1.20. The zero-order valence-corrected chi connectivity index (χ0v) is 22.0. The number of aromatic nitrogens is 2. The number of thioether (sulfide) groups is 1. The van der Waals surface area contributed by atoms with Crippen LogP contribution in [0.2, 0.25) is 0 Å². The third-order valence-corrected chi connectivity index (χ3v) is 7.57. The number of amides is 1. The van der Waals surface area contributed by atoms with Crippen LogP contribution in [0.5, 0.6) is 0 Å². The van der Waals surface area contributed by atoms with Gasteiger partial charge in [-0.25, -0.2) is 10.4 Å². The molecule has 5 aromatic carbocycles. The predicted octanol–water partition coefficient (Wildman–Crippen LogP) is 6.24. The second kappa shape index (κ2) is 10.6. The second-order valence-corrected chi connectivity index (χ2v) is 10.1. The zero-order chi connectivity index (χ0) is 26.8. The molecule has 7 heteroatoms. The number of nitrogens with zero attached hydrogens (tertiary/aromatic N) is 3. The third kappa shape index (κ3) is 4.80. The molecule has 1 N–H and O–H groups in total. The maximum absolute atomic E-state index is 13.5. The lowest BCUT2D eigenvalue weighted by molar-refractivity contribution is -0.118. The highest BCUT2D eigenvalue weighted by molar-refractivity contribution is 7.99. The Morgan fingerprint density at radius 3 is 2.21 bits per heavy atom. The van der Waals surface area contributed by atoms with E-state index in [4.69, 9.17) is 4.98 Å². The summed E-state index contributed by atoms with van der Waals surface area (Å²) in [5.74, 6) is -0.246. The van der Waals surface area contributed by atoms with E-state index in [1.165, 1.54) is 11.8 Å². The molecule has 6 aromatic rings. The molecule has 0 aliphatic carbocycles. The number of hydrazone groups is 1. The number of carbonyl (C=O) groups excluding carboxylic acids is 1. The van der Waals surface area contributed by atoms with Crippen LogP contribution in [0.1, 0.15) is 11.1 Å². The fourth-order valence-corrected chi connectivity index (χ4v) is 5.55. The summed E-state index contributed by atoms with van der Waals surface area (Å²) in [7, 11) is 0. The van der Waals surface area contributed by atoms with Gasteiger partial charge in [0.05, 0.1) is 28.6 Å².